The number of carbonyl (C=O) groups excluding carboxylic acids is 2. The van der Waals surface area contributed by atoms with Crippen molar-refractivity contribution in [2.75, 3.05) is 32.7 Å². The van der Waals surface area contributed by atoms with Crippen molar-refractivity contribution in [2.24, 2.45) is 5.41 Å². The van der Waals surface area contributed by atoms with E-state index in [4.69, 9.17) is 0 Å². The summed E-state index contributed by atoms with van der Waals surface area (Å²) in [7, 11) is 3.86. The molecular formula is C13H23NO4S. The number of rotatable bonds is 8. The molecule has 1 aliphatic rings. The van der Waals surface area contributed by atoms with Crippen LogP contribution in [0.25, 0.3) is 0 Å². The van der Waals surface area contributed by atoms with E-state index in [0.29, 0.717) is 30.8 Å². The minimum Gasteiger partial charge on any atom is -0.469 e. The van der Waals surface area contributed by atoms with Gasteiger partial charge in [0.25, 0.3) is 0 Å². The topological polar surface area (TPSA) is 63.7 Å². The van der Waals surface area contributed by atoms with Crippen LogP contribution in [0.3, 0.4) is 0 Å². The van der Waals surface area contributed by atoms with Gasteiger partial charge in [0.05, 0.1) is 13.5 Å². The summed E-state index contributed by atoms with van der Waals surface area (Å²) in [5.41, 5.74) is -0.0937. The zero-order valence-corrected chi connectivity index (χ0v) is 12.8. The number of amides is 1. The molecule has 0 spiro atoms. The normalized spacial score (nSPS) is 17.6. The SMILES string of the molecule is COC(=O)CC1(CS(=O)CCCC(=O)N(C)C)CC1. The molecule has 0 heterocycles. The van der Waals surface area contributed by atoms with Crippen LogP contribution in [0.15, 0.2) is 0 Å². The van der Waals surface area contributed by atoms with E-state index < -0.39 is 10.8 Å². The van der Waals surface area contributed by atoms with Gasteiger partial charge in [0, 0.05) is 42.8 Å². The van der Waals surface area contributed by atoms with Crippen molar-refractivity contribution in [2.45, 2.75) is 32.1 Å². The Morgan fingerprint density at radius 1 is 1.32 bits per heavy atom. The van der Waals surface area contributed by atoms with Crippen LogP contribution in [0.2, 0.25) is 0 Å². The molecule has 19 heavy (non-hydrogen) atoms. The minimum atomic E-state index is -0.954. The smallest absolute Gasteiger partial charge is 0.306 e. The highest BCUT2D eigenvalue weighted by atomic mass is 32.2. The Morgan fingerprint density at radius 3 is 2.42 bits per heavy atom. The number of methoxy groups -OCH3 is 1. The molecule has 1 amide bonds. The van der Waals surface area contributed by atoms with Crippen LogP contribution in [-0.2, 0) is 25.1 Å². The number of hydrogen-bond donors (Lipinski definition) is 0. The summed E-state index contributed by atoms with van der Waals surface area (Å²) in [6.07, 6.45) is 3.33. The van der Waals surface area contributed by atoms with Crippen LogP contribution in [-0.4, -0.2) is 53.7 Å². The second-order valence-corrected chi connectivity index (χ2v) is 7.01. The van der Waals surface area contributed by atoms with Gasteiger partial charge in [-0.05, 0) is 24.7 Å². The first kappa shape index (κ1) is 16.1. The van der Waals surface area contributed by atoms with Crippen molar-refractivity contribution in [1.29, 1.82) is 0 Å². The Kier molecular flexibility index (Phi) is 5.97. The summed E-state index contributed by atoms with van der Waals surface area (Å²) in [4.78, 5) is 24.2. The predicted octanol–water partition coefficient (Wildman–Crippen LogP) is 0.947. The lowest BCUT2D eigenvalue weighted by atomic mass is 10.1. The van der Waals surface area contributed by atoms with Gasteiger partial charge in [0.2, 0.25) is 5.91 Å². The zero-order valence-electron chi connectivity index (χ0n) is 11.9. The lowest BCUT2D eigenvalue weighted by Crippen LogP contribution is -2.23. The first-order valence-corrected chi connectivity index (χ1v) is 7.99. The summed E-state index contributed by atoms with van der Waals surface area (Å²) < 4.78 is 16.6. The second kappa shape index (κ2) is 7.03. The average molecular weight is 289 g/mol. The van der Waals surface area contributed by atoms with E-state index in [-0.39, 0.29) is 17.3 Å². The Morgan fingerprint density at radius 2 is 1.95 bits per heavy atom. The third-order valence-electron chi connectivity index (χ3n) is 3.43. The van der Waals surface area contributed by atoms with Gasteiger partial charge in [0.15, 0.2) is 0 Å². The quantitative estimate of drug-likeness (QED) is 0.624. The molecule has 1 atom stereocenters. The average Bonchev–Trinajstić information content (AvgIpc) is 3.07. The predicted molar refractivity (Wildman–Crippen MR) is 74.1 cm³/mol. The molecule has 0 N–H and O–H groups in total. The van der Waals surface area contributed by atoms with Crippen LogP contribution < -0.4 is 0 Å². The lowest BCUT2D eigenvalue weighted by Gasteiger charge is -2.13. The largest absolute Gasteiger partial charge is 0.469 e. The number of hydrogen-bond acceptors (Lipinski definition) is 4. The summed E-state index contributed by atoms with van der Waals surface area (Å²) in [5.74, 6) is 0.922. The molecule has 5 nitrogen and oxygen atoms in total. The fraction of sp³-hybridized carbons (Fsp3) is 0.846. The molecular weight excluding hydrogens is 266 g/mol. The van der Waals surface area contributed by atoms with Crippen molar-refractivity contribution in [1.82, 2.24) is 4.90 Å². The van der Waals surface area contributed by atoms with Crippen LogP contribution in [0.5, 0.6) is 0 Å². The zero-order chi connectivity index (χ0) is 14.5. The summed E-state index contributed by atoms with van der Waals surface area (Å²) in [6.45, 7) is 0. The van der Waals surface area contributed by atoms with Gasteiger partial charge in [-0.1, -0.05) is 0 Å². The first-order chi connectivity index (χ1) is 8.88. The van der Waals surface area contributed by atoms with E-state index in [9.17, 15) is 13.8 Å². The standard InChI is InChI=1S/C13H23NO4S/c1-14(2)11(15)5-4-8-19(17)10-13(6-7-13)9-12(16)18-3/h4-10H2,1-3H3. The highest BCUT2D eigenvalue weighted by molar-refractivity contribution is 7.85. The Balaban J connectivity index is 2.24. The van der Waals surface area contributed by atoms with E-state index in [1.54, 1.807) is 19.0 Å². The number of carbonyl (C=O) groups is 2. The molecule has 1 aliphatic carbocycles. The van der Waals surface area contributed by atoms with E-state index in [0.717, 1.165) is 12.8 Å². The summed E-state index contributed by atoms with van der Waals surface area (Å²) >= 11 is 0. The van der Waals surface area contributed by atoms with Gasteiger partial charge in [-0.25, -0.2) is 0 Å². The molecule has 0 aromatic rings. The maximum atomic E-state index is 12.0. The van der Waals surface area contributed by atoms with Crippen LogP contribution in [0, 0.1) is 5.41 Å². The first-order valence-electron chi connectivity index (χ1n) is 6.50. The maximum absolute atomic E-state index is 12.0. The number of esters is 1. The van der Waals surface area contributed by atoms with Crippen LogP contribution in [0.1, 0.15) is 32.1 Å². The highest BCUT2D eigenvalue weighted by Crippen LogP contribution is 2.49. The van der Waals surface area contributed by atoms with Gasteiger partial charge < -0.3 is 9.64 Å². The number of nitrogens with zero attached hydrogens (tertiary/aromatic N) is 1. The lowest BCUT2D eigenvalue weighted by molar-refractivity contribution is -0.141. The van der Waals surface area contributed by atoms with Gasteiger partial charge >= 0.3 is 5.97 Å². The van der Waals surface area contributed by atoms with Crippen molar-refractivity contribution in [3.63, 3.8) is 0 Å². The molecule has 1 saturated carbocycles. The Bertz CT molecular complexity index is 364. The Labute approximate surface area is 117 Å². The molecule has 6 heteroatoms. The Hall–Kier alpha value is -0.910. The third kappa shape index (κ3) is 5.72. The third-order valence-corrected chi connectivity index (χ3v) is 5.11. The van der Waals surface area contributed by atoms with Gasteiger partial charge in [-0.3, -0.25) is 13.8 Å². The molecule has 110 valence electrons. The molecule has 0 saturated heterocycles. The van der Waals surface area contributed by atoms with Crippen LogP contribution in [0.4, 0.5) is 0 Å². The fourth-order valence-electron chi connectivity index (χ4n) is 1.95. The van der Waals surface area contributed by atoms with Gasteiger partial charge in [-0.2, -0.15) is 0 Å². The fourth-order valence-corrected chi connectivity index (χ4v) is 3.63. The number of ether oxygens (including phenoxy) is 1. The monoisotopic (exact) mass is 289 g/mol. The van der Waals surface area contributed by atoms with Gasteiger partial charge in [0.1, 0.15) is 0 Å². The van der Waals surface area contributed by atoms with Crippen molar-refractivity contribution < 1.29 is 18.5 Å². The summed E-state index contributed by atoms with van der Waals surface area (Å²) in [6, 6.07) is 0. The van der Waals surface area contributed by atoms with Crippen molar-refractivity contribution in [3.8, 4) is 0 Å². The molecule has 1 rings (SSSR count). The van der Waals surface area contributed by atoms with E-state index in [2.05, 4.69) is 4.74 Å². The molecule has 0 bridgehead atoms. The minimum absolute atomic E-state index is 0.0627. The van der Waals surface area contributed by atoms with E-state index in [1.807, 2.05) is 0 Å². The molecule has 1 unspecified atom stereocenters. The van der Waals surface area contributed by atoms with Crippen LogP contribution >= 0.6 is 0 Å². The molecule has 0 radical (unpaired) electrons. The van der Waals surface area contributed by atoms with Gasteiger partial charge in [-0.15, -0.1) is 0 Å². The molecule has 0 aromatic heterocycles. The van der Waals surface area contributed by atoms with E-state index >= 15 is 0 Å². The maximum Gasteiger partial charge on any atom is 0.306 e. The van der Waals surface area contributed by atoms with Crippen molar-refractivity contribution >= 4 is 22.7 Å². The second-order valence-electron chi connectivity index (χ2n) is 5.43. The summed E-state index contributed by atoms with van der Waals surface area (Å²) in [5, 5.41) is 0. The molecule has 1 fully saturated rings. The van der Waals surface area contributed by atoms with E-state index in [1.165, 1.54) is 7.11 Å². The molecule has 0 aliphatic heterocycles. The van der Waals surface area contributed by atoms with Crippen molar-refractivity contribution in [3.05, 3.63) is 0 Å². The highest BCUT2D eigenvalue weighted by Gasteiger charge is 2.45. The molecule has 0 aromatic carbocycles.